The Balaban J connectivity index is 3.28. The maximum absolute atomic E-state index is 11.9. The lowest BCUT2D eigenvalue weighted by atomic mass is 9.95. The number of hydrogen-bond donors (Lipinski definition) is 0. The van der Waals surface area contributed by atoms with Gasteiger partial charge in [-0.25, -0.2) is 4.79 Å². The minimum Gasteiger partial charge on any atom is -0.462 e. The predicted molar refractivity (Wildman–Crippen MR) is 66.4 cm³/mol. The molecule has 0 aliphatic heterocycles. The Morgan fingerprint density at radius 2 is 1.88 bits per heavy atom. The zero-order chi connectivity index (χ0) is 12.8. The van der Waals surface area contributed by atoms with E-state index >= 15 is 0 Å². The fourth-order valence-electron chi connectivity index (χ4n) is 1.78. The molecule has 0 saturated carbocycles. The number of carbonyl (C=O) groups excluding carboxylic acids is 2. The van der Waals surface area contributed by atoms with Crippen molar-refractivity contribution in [2.75, 3.05) is 6.61 Å². The molecule has 17 heavy (non-hydrogen) atoms. The largest absolute Gasteiger partial charge is 0.462 e. The molecule has 1 rings (SSSR count). The Morgan fingerprint density at radius 3 is 2.41 bits per heavy atom. The van der Waals surface area contributed by atoms with Gasteiger partial charge in [0.2, 0.25) is 0 Å². The van der Waals surface area contributed by atoms with E-state index in [-0.39, 0.29) is 5.78 Å². The van der Waals surface area contributed by atoms with Crippen molar-refractivity contribution in [3.8, 4) is 0 Å². The summed E-state index contributed by atoms with van der Waals surface area (Å²) in [5.74, 6) is -0.426. The summed E-state index contributed by atoms with van der Waals surface area (Å²) < 4.78 is 4.97. The number of rotatable bonds is 5. The van der Waals surface area contributed by atoms with Crippen LogP contribution in [-0.2, 0) is 11.2 Å². The average Bonchev–Trinajstić information content (AvgIpc) is 2.37. The van der Waals surface area contributed by atoms with Crippen LogP contribution in [0.2, 0.25) is 0 Å². The zero-order valence-corrected chi connectivity index (χ0v) is 10.6. The average molecular weight is 234 g/mol. The number of hydrogen-bond acceptors (Lipinski definition) is 3. The van der Waals surface area contributed by atoms with Crippen molar-refractivity contribution in [3.05, 3.63) is 34.9 Å². The van der Waals surface area contributed by atoms with E-state index in [0.29, 0.717) is 24.2 Å². The van der Waals surface area contributed by atoms with E-state index in [9.17, 15) is 9.59 Å². The van der Waals surface area contributed by atoms with Gasteiger partial charge in [-0.15, -0.1) is 0 Å². The van der Waals surface area contributed by atoms with Crippen molar-refractivity contribution < 1.29 is 14.3 Å². The summed E-state index contributed by atoms with van der Waals surface area (Å²) in [6.45, 7) is 5.83. The SMILES string of the molecule is CCOC(=O)c1cccc(CC)c1C(=O)CC. The molecule has 0 saturated heterocycles. The summed E-state index contributed by atoms with van der Waals surface area (Å²) in [6.07, 6.45) is 1.12. The fourth-order valence-corrected chi connectivity index (χ4v) is 1.78. The molecule has 1 aromatic carbocycles. The maximum atomic E-state index is 11.9. The zero-order valence-electron chi connectivity index (χ0n) is 10.6. The van der Waals surface area contributed by atoms with Crippen molar-refractivity contribution in [1.29, 1.82) is 0 Å². The van der Waals surface area contributed by atoms with Gasteiger partial charge in [0.1, 0.15) is 0 Å². The maximum Gasteiger partial charge on any atom is 0.338 e. The predicted octanol–water partition coefficient (Wildman–Crippen LogP) is 3.02. The highest BCUT2D eigenvalue weighted by atomic mass is 16.5. The molecule has 92 valence electrons. The Morgan fingerprint density at radius 1 is 1.18 bits per heavy atom. The van der Waals surface area contributed by atoms with Crippen LogP contribution in [0.15, 0.2) is 18.2 Å². The highest BCUT2D eigenvalue weighted by molar-refractivity contribution is 6.07. The fraction of sp³-hybridized carbons (Fsp3) is 0.429. The molecule has 0 spiro atoms. The first kappa shape index (κ1) is 13.4. The first-order valence-corrected chi connectivity index (χ1v) is 5.97. The van der Waals surface area contributed by atoms with Crippen molar-refractivity contribution in [2.45, 2.75) is 33.6 Å². The third-order valence-corrected chi connectivity index (χ3v) is 2.63. The lowest BCUT2D eigenvalue weighted by Crippen LogP contribution is -2.13. The minimum absolute atomic E-state index is 0.00879. The smallest absolute Gasteiger partial charge is 0.338 e. The highest BCUT2D eigenvalue weighted by Gasteiger charge is 2.19. The van der Waals surface area contributed by atoms with Crippen LogP contribution >= 0.6 is 0 Å². The van der Waals surface area contributed by atoms with Crippen LogP contribution in [0.3, 0.4) is 0 Å². The molecular weight excluding hydrogens is 216 g/mol. The summed E-state index contributed by atoms with van der Waals surface area (Å²) >= 11 is 0. The third kappa shape index (κ3) is 2.93. The standard InChI is InChI=1S/C14H18O3/c1-4-10-8-7-9-11(14(16)17-6-3)13(10)12(15)5-2/h7-9H,4-6H2,1-3H3. The number of esters is 1. The molecule has 0 aromatic heterocycles. The van der Waals surface area contributed by atoms with Crippen LogP contribution in [0.5, 0.6) is 0 Å². The van der Waals surface area contributed by atoms with E-state index in [1.54, 1.807) is 26.0 Å². The van der Waals surface area contributed by atoms with E-state index in [4.69, 9.17) is 4.74 Å². The molecule has 1 aromatic rings. The molecule has 0 unspecified atom stereocenters. The van der Waals surface area contributed by atoms with Gasteiger partial charge in [0.25, 0.3) is 0 Å². The van der Waals surface area contributed by atoms with Crippen molar-refractivity contribution >= 4 is 11.8 Å². The lowest BCUT2D eigenvalue weighted by Gasteiger charge is -2.11. The number of ketones is 1. The summed E-state index contributed by atoms with van der Waals surface area (Å²) in [6, 6.07) is 5.32. The first-order chi connectivity index (χ1) is 8.15. The van der Waals surface area contributed by atoms with Gasteiger partial charge in [0.05, 0.1) is 12.2 Å². The molecule has 0 N–H and O–H groups in total. The van der Waals surface area contributed by atoms with Gasteiger partial charge in [-0.2, -0.15) is 0 Å². The van der Waals surface area contributed by atoms with Gasteiger partial charge in [-0.05, 0) is 25.0 Å². The number of aryl methyl sites for hydroxylation is 1. The van der Waals surface area contributed by atoms with Crippen molar-refractivity contribution in [3.63, 3.8) is 0 Å². The normalized spacial score (nSPS) is 10.1. The van der Waals surface area contributed by atoms with Gasteiger partial charge in [-0.3, -0.25) is 4.79 Å². The molecule has 0 fully saturated rings. The first-order valence-electron chi connectivity index (χ1n) is 5.97. The molecule has 0 aliphatic carbocycles. The second-order valence-corrected chi connectivity index (χ2v) is 3.69. The van der Waals surface area contributed by atoms with Gasteiger partial charge >= 0.3 is 5.97 Å². The summed E-state index contributed by atoms with van der Waals surface area (Å²) in [5, 5.41) is 0. The Bertz CT molecular complexity index is 421. The van der Waals surface area contributed by atoms with Crippen LogP contribution in [-0.4, -0.2) is 18.4 Å². The summed E-state index contributed by atoms with van der Waals surface area (Å²) in [4.78, 5) is 23.7. The van der Waals surface area contributed by atoms with E-state index in [0.717, 1.165) is 12.0 Å². The molecule has 0 amide bonds. The molecule has 0 heterocycles. The van der Waals surface area contributed by atoms with Crippen LogP contribution in [0.25, 0.3) is 0 Å². The van der Waals surface area contributed by atoms with Gasteiger partial charge in [0, 0.05) is 12.0 Å². The number of carbonyl (C=O) groups is 2. The minimum atomic E-state index is -0.417. The van der Waals surface area contributed by atoms with E-state index < -0.39 is 5.97 Å². The van der Waals surface area contributed by atoms with Gasteiger partial charge in [0.15, 0.2) is 5.78 Å². The number of Topliss-reactive ketones (excluding diaryl/α,β-unsaturated/α-hetero) is 1. The van der Waals surface area contributed by atoms with Gasteiger partial charge < -0.3 is 4.74 Å². The molecule has 0 bridgehead atoms. The van der Waals surface area contributed by atoms with E-state index in [1.807, 2.05) is 13.0 Å². The highest BCUT2D eigenvalue weighted by Crippen LogP contribution is 2.19. The van der Waals surface area contributed by atoms with Gasteiger partial charge in [-0.1, -0.05) is 26.0 Å². The molecule has 0 atom stereocenters. The Kier molecular flexibility index (Phi) is 4.88. The second-order valence-electron chi connectivity index (χ2n) is 3.69. The Labute approximate surface area is 102 Å². The molecule has 0 aliphatic rings. The molecular formula is C14H18O3. The number of ether oxygens (including phenoxy) is 1. The van der Waals surface area contributed by atoms with Crippen molar-refractivity contribution in [1.82, 2.24) is 0 Å². The molecule has 0 radical (unpaired) electrons. The van der Waals surface area contributed by atoms with Crippen LogP contribution < -0.4 is 0 Å². The quantitative estimate of drug-likeness (QED) is 0.581. The van der Waals surface area contributed by atoms with Crippen LogP contribution in [0.1, 0.15) is 53.5 Å². The second kappa shape index (κ2) is 6.18. The van der Waals surface area contributed by atoms with Crippen molar-refractivity contribution in [2.24, 2.45) is 0 Å². The third-order valence-electron chi connectivity index (χ3n) is 2.63. The van der Waals surface area contributed by atoms with E-state index in [1.165, 1.54) is 0 Å². The topological polar surface area (TPSA) is 43.4 Å². The number of benzene rings is 1. The van der Waals surface area contributed by atoms with Crippen LogP contribution in [0, 0.1) is 0 Å². The Hall–Kier alpha value is -1.64. The van der Waals surface area contributed by atoms with Crippen LogP contribution in [0.4, 0.5) is 0 Å². The molecule has 3 nitrogen and oxygen atoms in total. The molecule has 3 heteroatoms. The summed E-state index contributed by atoms with van der Waals surface area (Å²) in [7, 11) is 0. The lowest BCUT2D eigenvalue weighted by molar-refractivity contribution is 0.0523. The van der Waals surface area contributed by atoms with E-state index in [2.05, 4.69) is 0 Å². The summed E-state index contributed by atoms with van der Waals surface area (Å²) in [5.41, 5.74) is 1.82. The monoisotopic (exact) mass is 234 g/mol.